The van der Waals surface area contributed by atoms with E-state index in [0.29, 0.717) is 51.7 Å². The molecule has 0 atom stereocenters. The van der Waals surface area contributed by atoms with E-state index in [9.17, 15) is 14.0 Å². The number of nitrogens with one attached hydrogen (secondary N) is 2. The van der Waals surface area contributed by atoms with Crippen molar-refractivity contribution in [3.8, 4) is 11.5 Å². The zero-order valence-electron chi connectivity index (χ0n) is 17.9. The van der Waals surface area contributed by atoms with Gasteiger partial charge in [-0.25, -0.2) is 4.39 Å². The summed E-state index contributed by atoms with van der Waals surface area (Å²) in [4.78, 5) is 26.0. The molecule has 172 valence electrons. The predicted octanol–water partition coefficient (Wildman–Crippen LogP) is 6.28. The van der Waals surface area contributed by atoms with Gasteiger partial charge in [0.15, 0.2) is 11.5 Å². The van der Waals surface area contributed by atoms with Crippen LogP contribution in [0.5, 0.6) is 11.5 Å². The summed E-state index contributed by atoms with van der Waals surface area (Å²) in [7, 11) is 0. The molecule has 1 aromatic heterocycles. The molecule has 4 aromatic rings. The van der Waals surface area contributed by atoms with Crippen molar-refractivity contribution in [2.75, 3.05) is 23.8 Å². The maximum Gasteiger partial charge on any atom is 0.267 e. The van der Waals surface area contributed by atoms with Crippen LogP contribution in [0.3, 0.4) is 0 Å². The van der Waals surface area contributed by atoms with Crippen molar-refractivity contribution < 1.29 is 23.5 Å². The van der Waals surface area contributed by atoms with Crippen LogP contribution < -0.4 is 20.1 Å². The number of rotatable bonds is 4. The van der Waals surface area contributed by atoms with Crippen LogP contribution in [0.4, 0.5) is 15.8 Å². The van der Waals surface area contributed by atoms with Crippen LogP contribution in [0.25, 0.3) is 10.1 Å². The lowest BCUT2D eigenvalue weighted by Crippen LogP contribution is -2.17. The third-order valence-electron chi connectivity index (χ3n) is 5.35. The molecule has 0 aliphatic carbocycles. The molecule has 0 saturated heterocycles. The molecule has 2 heterocycles. The number of benzene rings is 3. The van der Waals surface area contributed by atoms with Gasteiger partial charge in [0.2, 0.25) is 0 Å². The summed E-state index contributed by atoms with van der Waals surface area (Å²) in [6.07, 6.45) is 0. The second-order valence-corrected chi connectivity index (χ2v) is 9.11. The number of carbonyl (C=O) groups is 2. The van der Waals surface area contributed by atoms with Gasteiger partial charge in [-0.15, -0.1) is 11.3 Å². The fourth-order valence-electron chi connectivity index (χ4n) is 3.59. The highest BCUT2D eigenvalue weighted by Crippen LogP contribution is 2.36. The Labute approximate surface area is 203 Å². The van der Waals surface area contributed by atoms with E-state index in [1.807, 2.05) is 6.92 Å². The molecule has 6 nitrogen and oxygen atoms in total. The Morgan fingerprint density at radius 2 is 1.74 bits per heavy atom. The van der Waals surface area contributed by atoms with E-state index in [1.165, 1.54) is 12.1 Å². The Morgan fingerprint density at radius 1 is 0.941 bits per heavy atom. The van der Waals surface area contributed by atoms with Crippen LogP contribution in [0, 0.1) is 12.7 Å². The number of anilines is 2. The molecule has 3 aromatic carbocycles. The van der Waals surface area contributed by atoms with Crippen molar-refractivity contribution in [2.45, 2.75) is 6.92 Å². The highest BCUT2D eigenvalue weighted by atomic mass is 35.5. The maximum atomic E-state index is 13.5. The molecular formula is C25H18ClFN2O4S. The number of fused-ring (bicyclic) bond motifs is 2. The Bertz CT molecular complexity index is 1450. The summed E-state index contributed by atoms with van der Waals surface area (Å²) >= 11 is 7.50. The molecule has 1 aliphatic rings. The molecule has 34 heavy (non-hydrogen) atoms. The maximum absolute atomic E-state index is 13.5. The lowest BCUT2D eigenvalue weighted by Gasteiger charge is -2.18. The number of carbonyl (C=O) groups excluding carboxylic acids is 2. The Kier molecular flexibility index (Phi) is 5.85. The van der Waals surface area contributed by atoms with Crippen LogP contribution >= 0.6 is 22.9 Å². The van der Waals surface area contributed by atoms with Gasteiger partial charge in [0.1, 0.15) is 23.9 Å². The number of aryl methyl sites for hydroxylation is 1. The minimum absolute atomic E-state index is 0.276. The van der Waals surface area contributed by atoms with Crippen molar-refractivity contribution in [1.82, 2.24) is 0 Å². The van der Waals surface area contributed by atoms with E-state index in [0.717, 1.165) is 16.9 Å². The fourth-order valence-corrected chi connectivity index (χ4v) is 5.02. The lowest BCUT2D eigenvalue weighted by molar-refractivity contribution is 0.102. The van der Waals surface area contributed by atoms with Gasteiger partial charge in [0.25, 0.3) is 11.8 Å². The third-order valence-corrected chi connectivity index (χ3v) is 7.00. The average Bonchev–Trinajstić information content (AvgIpc) is 3.16. The zero-order chi connectivity index (χ0) is 23.8. The van der Waals surface area contributed by atoms with Crippen LogP contribution in [-0.4, -0.2) is 25.0 Å². The summed E-state index contributed by atoms with van der Waals surface area (Å²) in [6.45, 7) is 2.74. The quantitative estimate of drug-likeness (QED) is 0.348. The van der Waals surface area contributed by atoms with Gasteiger partial charge < -0.3 is 20.1 Å². The third kappa shape index (κ3) is 4.30. The molecule has 0 fully saturated rings. The summed E-state index contributed by atoms with van der Waals surface area (Å²) in [6, 6.07) is 14.4. The standard InChI is InChI=1S/C25H18ClFN2O4S/c1-13-2-5-16(28-24(30)14-3-7-19-20(10-14)33-9-8-32-19)12-18(13)29-25(31)23-22(26)17-6-4-15(27)11-21(17)34-23/h2-7,10-12H,8-9H2,1H3,(H,28,30)(H,29,31). The SMILES string of the molecule is Cc1ccc(NC(=O)c2ccc3c(c2)OCCO3)cc1NC(=O)c1sc2cc(F)ccc2c1Cl. The molecule has 0 spiro atoms. The monoisotopic (exact) mass is 496 g/mol. The first-order valence-corrected chi connectivity index (χ1v) is 11.6. The number of thiophene rings is 1. The summed E-state index contributed by atoms with van der Waals surface area (Å²) in [5.41, 5.74) is 2.24. The topological polar surface area (TPSA) is 76.7 Å². The van der Waals surface area contributed by atoms with Crippen LogP contribution in [0.2, 0.25) is 5.02 Å². The number of amides is 2. The normalized spacial score (nSPS) is 12.4. The van der Waals surface area contributed by atoms with E-state index >= 15 is 0 Å². The molecule has 2 N–H and O–H groups in total. The van der Waals surface area contributed by atoms with Gasteiger partial charge in [0, 0.05) is 27.0 Å². The lowest BCUT2D eigenvalue weighted by atomic mass is 10.1. The Balaban J connectivity index is 1.35. The average molecular weight is 497 g/mol. The molecule has 0 unspecified atom stereocenters. The van der Waals surface area contributed by atoms with E-state index in [1.54, 1.807) is 42.5 Å². The number of ether oxygens (including phenoxy) is 2. The molecule has 9 heteroatoms. The number of hydrogen-bond donors (Lipinski definition) is 2. The minimum Gasteiger partial charge on any atom is -0.486 e. The first-order chi connectivity index (χ1) is 16.4. The molecule has 0 radical (unpaired) electrons. The van der Waals surface area contributed by atoms with Gasteiger partial charge >= 0.3 is 0 Å². The van der Waals surface area contributed by atoms with Crippen molar-refractivity contribution >= 4 is 56.2 Å². The summed E-state index contributed by atoms with van der Waals surface area (Å²) in [5, 5.41) is 6.57. The second-order valence-electron chi connectivity index (χ2n) is 7.68. The second kappa shape index (κ2) is 8.96. The molecule has 0 saturated carbocycles. The van der Waals surface area contributed by atoms with Gasteiger partial charge in [0.05, 0.1) is 5.02 Å². The highest BCUT2D eigenvalue weighted by Gasteiger charge is 2.19. The zero-order valence-corrected chi connectivity index (χ0v) is 19.5. The van der Waals surface area contributed by atoms with Crippen molar-refractivity contribution in [1.29, 1.82) is 0 Å². The summed E-state index contributed by atoms with van der Waals surface area (Å²) < 4.78 is 25.2. The van der Waals surface area contributed by atoms with Crippen LogP contribution in [0.15, 0.2) is 54.6 Å². The molecule has 1 aliphatic heterocycles. The van der Waals surface area contributed by atoms with Crippen LogP contribution in [-0.2, 0) is 0 Å². The van der Waals surface area contributed by atoms with Crippen LogP contribution in [0.1, 0.15) is 25.6 Å². The van der Waals surface area contributed by atoms with E-state index < -0.39 is 11.7 Å². The van der Waals surface area contributed by atoms with Gasteiger partial charge in [-0.1, -0.05) is 17.7 Å². The first-order valence-electron chi connectivity index (χ1n) is 10.4. The smallest absolute Gasteiger partial charge is 0.267 e. The number of hydrogen-bond acceptors (Lipinski definition) is 5. The van der Waals surface area contributed by atoms with Gasteiger partial charge in [-0.05, 0) is 61.0 Å². The van der Waals surface area contributed by atoms with Crippen molar-refractivity contribution in [3.63, 3.8) is 0 Å². The van der Waals surface area contributed by atoms with E-state index in [4.69, 9.17) is 21.1 Å². The molecule has 5 rings (SSSR count). The molecule has 2 amide bonds. The summed E-state index contributed by atoms with van der Waals surface area (Å²) in [5.74, 6) is -0.00555. The predicted molar refractivity (Wildman–Crippen MR) is 131 cm³/mol. The number of halogens is 2. The van der Waals surface area contributed by atoms with Gasteiger partial charge in [-0.3, -0.25) is 9.59 Å². The van der Waals surface area contributed by atoms with Crippen molar-refractivity contribution in [3.05, 3.63) is 81.4 Å². The largest absolute Gasteiger partial charge is 0.486 e. The highest BCUT2D eigenvalue weighted by molar-refractivity contribution is 7.21. The molecular weight excluding hydrogens is 479 g/mol. The first kappa shape index (κ1) is 22.2. The Morgan fingerprint density at radius 3 is 2.56 bits per heavy atom. The van der Waals surface area contributed by atoms with E-state index in [-0.39, 0.29) is 15.8 Å². The fraction of sp³-hybridized carbons (Fsp3) is 0.120. The van der Waals surface area contributed by atoms with Crippen molar-refractivity contribution in [2.24, 2.45) is 0 Å². The molecule has 0 bridgehead atoms. The van der Waals surface area contributed by atoms with E-state index in [2.05, 4.69) is 10.6 Å². The Hall–Kier alpha value is -3.62. The minimum atomic E-state index is -0.412. The van der Waals surface area contributed by atoms with Gasteiger partial charge in [-0.2, -0.15) is 0 Å².